The lowest BCUT2D eigenvalue weighted by Crippen LogP contribution is -2.35. The molecule has 0 aliphatic rings. The summed E-state index contributed by atoms with van der Waals surface area (Å²) in [4.78, 5) is 30.4. The molecule has 0 radical (unpaired) electrons. The van der Waals surface area contributed by atoms with Gasteiger partial charge in [0, 0.05) is 23.2 Å². The molecule has 1 aromatic heterocycles. The van der Waals surface area contributed by atoms with Crippen LogP contribution in [0, 0.1) is 6.92 Å². The SMILES string of the molecule is COc1ccc(Cl)cc1NC(=O)CN(C)C(=O)c1ccc(-c2nc(C)no2)cc1. The van der Waals surface area contributed by atoms with Gasteiger partial charge in [-0.05, 0) is 49.4 Å². The van der Waals surface area contributed by atoms with E-state index in [9.17, 15) is 9.59 Å². The average Bonchev–Trinajstić information content (AvgIpc) is 3.14. The van der Waals surface area contributed by atoms with Crippen molar-refractivity contribution >= 4 is 29.1 Å². The van der Waals surface area contributed by atoms with Crippen molar-refractivity contribution < 1.29 is 18.8 Å². The average molecular weight is 415 g/mol. The van der Waals surface area contributed by atoms with E-state index in [-0.39, 0.29) is 18.4 Å². The Morgan fingerprint density at radius 1 is 1.21 bits per heavy atom. The van der Waals surface area contributed by atoms with Gasteiger partial charge in [0.1, 0.15) is 5.75 Å². The van der Waals surface area contributed by atoms with E-state index >= 15 is 0 Å². The molecule has 0 saturated heterocycles. The molecule has 8 nitrogen and oxygen atoms in total. The van der Waals surface area contributed by atoms with E-state index in [1.54, 1.807) is 56.4 Å². The van der Waals surface area contributed by atoms with Crippen LogP contribution in [0.1, 0.15) is 16.2 Å². The number of carbonyl (C=O) groups excluding carboxylic acids is 2. The highest BCUT2D eigenvalue weighted by Crippen LogP contribution is 2.27. The number of nitrogens with zero attached hydrogens (tertiary/aromatic N) is 3. The van der Waals surface area contributed by atoms with E-state index in [1.165, 1.54) is 12.0 Å². The van der Waals surface area contributed by atoms with Crippen LogP contribution in [0.15, 0.2) is 47.0 Å². The van der Waals surface area contributed by atoms with Gasteiger partial charge < -0.3 is 19.5 Å². The number of benzene rings is 2. The number of carbonyl (C=O) groups is 2. The van der Waals surface area contributed by atoms with Crippen LogP contribution in [-0.2, 0) is 4.79 Å². The summed E-state index contributed by atoms with van der Waals surface area (Å²) in [6, 6.07) is 11.6. The summed E-state index contributed by atoms with van der Waals surface area (Å²) in [5, 5.41) is 6.90. The molecule has 3 aromatic rings. The van der Waals surface area contributed by atoms with E-state index in [1.807, 2.05) is 0 Å². The van der Waals surface area contributed by atoms with Crippen LogP contribution in [0.5, 0.6) is 5.75 Å². The first-order valence-corrected chi connectivity index (χ1v) is 9.05. The minimum absolute atomic E-state index is 0.140. The Bertz CT molecular complexity index is 1030. The van der Waals surface area contributed by atoms with Gasteiger partial charge in [-0.2, -0.15) is 4.98 Å². The number of aromatic nitrogens is 2. The molecule has 2 amide bonds. The maximum atomic E-state index is 12.6. The number of hydrogen-bond donors (Lipinski definition) is 1. The van der Waals surface area contributed by atoms with Gasteiger partial charge in [-0.3, -0.25) is 9.59 Å². The van der Waals surface area contributed by atoms with Gasteiger partial charge >= 0.3 is 0 Å². The number of amides is 2. The predicted molar refractivity (Wildman–Crippen MR) is 108 cm³/mol. The normalized spacial score (nSPS) is 10.5. The minimum atomic E-state index is -0.376. The topological polar surface area (TPSA) is 97.6 Å². The zero-order valence-corrected chi connectivity index (χ0v) is 16.9. The summed E-state index contributed by atoms with van der Waals surface area (Å²) in [5.74, 6) is 0.710. The van der Waals surface area contributed by atoms with Gasteiger partial charge in [0.25, 0.3) is 11.8 Å². The van der Waals surface area contributed by atoms with E-state index in [0.29, 0.717) is 39.3 Å². The molecule has 1 heterocycles. The van der Waals surface area contributed by atoms with Crippen LogP contribution < -0.4 is 10.1 Å². The first kappa shape index (κ1) is 20.3. The number of methoxy groups -OCH3 is 1. The lowest BCUT2D eigenvalue weighted by atomic mass is 10.1. The molecule has 0 unspecified atom stereocenters. The molecule has 9 heteroatoms. The van der Waals surface area contributed by atoms with Crippen molar-refractivity contribution in [2.75, 3.05) is 26.0 Å². The van der Waals surface area contributed by atoms with Crippen LogP contribution in [0.2, 0.25) is 5.02 Å². The van der Waals surface area contributed by atoms with Crippen molar-refractivity contribution in [3.63, 3.8) is 0 Å². The Morgan fingerprint density at radius 3 is 2.55 bits per heavy atom. The molecule has 0 fully saturated rings. The predicted octanol–water partition coefficient (Wildman–Crippen LogP) is 3.42. The second kappa shape index (κ2) is 8.74. The fourth-order valence-electron chi connectivity index (χ4n) is 2.64. The number of nitrogens with one attached hydrogen (secondary N) is 1. The Kier molecular flexibility index (Phi) is 6.13. The Balaban J connectivity index is 1.64. The van der Waals surface area contributed by atoms with Gasteiger partial charge in [-0.25, -0.2) is 0 Å². The van der Waals surface area contributed by atoms with Crippen molar-refractivity contribution in [3.8, 4) is 17.2 Å². The minimum Gasteiger partial charge on any atom is -0.495 e. The second-order valence-electron chi connectivity index (χ2n) is 6.28. The third-order valence-electron chi connectivity index (χ3n) is 4.07. The molecule has 1 N–H and O–H groups in total. The van der Waals surface area contributed by atoms with E-state index in [0.717, 1.165) is 0 Å². The molecule has 0 aliphatic carbocycles. The van der Waals surface area contributed by atoms with Gasteiger partial charge in [0.2, 0.25) is 5.91 Å². The van der Waals surface area contributed by atoms with Gasteiger partial charge in [-0.15, -0.1) is 0 Å². The number of hydrogen-bond acceptors (Lipinski definition) is 6. The van der Waals surface area contributed by atoms with Crippen LogP contribution in [-0.4, -0.2) is 47.6 Å². The van der Waals surface area contributed by atoms with Gasteiger partial charge in [0.05, 0.1) is 19.3 Å². The van der Waals surface area contributed by atoms with Crippen molar-refractivity contribution in [2.24, 2.45) is 0 Å². The number of likely N-dealkylation sites (N-methyl/N-ethyl adjacent to an activating group) is 1. The third-order valence-corrected chi connectivity index (χ3v) is 4.30. The number of halogens is 1. The summed E-state index contributed by atoms with van der Waals surface area (Å²) >= 11 is 5.97. The van der Waals surface area contributed by atoms with Crippen LogP contribution in [0.25, 0.3) is 11.5 Å². The summed E-state index contributed by atoms with van der Waals surface area (Å²) < 4.78 is 10.3. The third kappa shape index (κ3) is 4.91. The molecule has 0 saturated carbocycles. The largest absolute Gasteiger partial charge is 0.495 e. The first-order chi connectivity index (χ1) is 13.9. The molecule has 3 rings (SSSR count). The number of ether oxygens (including phenoxy) is 1. The Hall–Kier alpha value is -3.39. The van der Waals surface area contributed by atoms with Crippen molar-refractivity contribution in [3.05, 3.63) is 58.9 Å². The number of anilines is 1. The highest BCUT2D eigenvalue weighted by molar-refractivity contribution is 6.31. The van der Waals surface area contributed by atoms with Crippen molar-refractivity contribution in [1.29, 1.82) is 0 Å². The second-order valence-corrected chi connectivity index (χ2v) is 6.71. The summed E-state index contributed by atoms with van der Waals surface area (Å²) in [6.45, 7) is 1.59. The molecule has 2 aromatic carbocycles. The van der Waals surface area contributed by atoms with Crippen LogP contribution in [0.3, 0.4) is 0 Å². The van der Waals surface area contributed by atoms with E-state index in [2.05, 4.69) is 15.5 Å². The van der Waals surface area contributed by atoms with Crippen molar-refractivity contribution in [2.45, 2.75) is 6.92 Å². The molecule has 0 atom stereocenters. The number of rotatable bonds is 6. The summed E-state index contributed by atoms with van der Waals surface area (Å²) in [7, 11) is 3.04. The molecule has 0 bridgehead atoms. The molecule has 0 aliphatic heterocycles. The smallest absolute Gasteiger partial charge is 0.257 e. The quantitative estimate of drug-likeness (QED) is 0.663. The fraction of sp³-hybridized carbons (Fsp3) is 0.200. The molecular formula is C20H19ClN4O4. The summed E-state index contributed by atoms with van der Waals surface area (Å²) in [6.07, 6.45) is 0. The van der Waals surface area contributed by atoms with E-state index in [4.69, 9.17) is 20.9 Å². The zero-order valence-electron chi connectivity index (χ0n) is 16.1. The molecular weight excluding hydrogens is 396 g/mol. The molecule has 150 valence electrons. The Morgan fingerprint density at radius 2 is 1.93 bits per heavy atom. The molecule has 0 spiro atoms. The first-order valence-electron chi connectivity index (χ1n) is 8.67. The highest BCUT2D eigenvalue weighted by atomic mass is 35.5. The van der Waals surface area contributed by atoms with Gasteiger partial charge in [-0.1, -0.05) is 16.8 Å². The fourth-order valence-corrected chi connectivity index (χ4v) is 2.82. The van der Waals surface area contributed by atoms with Gasteiger partial charge in [0.15, 0.2) is 5.82 Å². The maximum absolute atomic E-state index is 12.6. The summed E-state index contributed by atoms with van der Waals surface area (Å²) in [5.41, 5.74) is 1.57. The standard InChI is InChI=1S/C20H19ClN4O4/c1-12-22-19(29-24-12)13-4-6-14(7-5-13)20(27)25(2)11-18(26)23-16-10-15(21)8-9-17(16)28-3/h4-10H,11H2,1-3H3,(H,23,26). The highest BCUT2D eigenvalue weighted by Gasteiger charge is 2.17. The lowest BCUT2D eigenvalue weighted by Gasteiger charge is -2.18. The maximum Gasteiger partial charge on any atom is 0.257 e. The lowest BCUT2D eigenvalue weighted by molar-refractivity contribution is -0.116. The van der Waals surface area contributed by atoms with Crippen molar-refractivity contribution in [1.82, 2.24) is 15.0 Å². The van der Waals surface area contributed by atoms with Crippen LogP contribution >= 0.6 is 11.6 Å². The zero-order chi connectivity index (χ0) is 21.0. The monoisotopic (exact) mass is 414 g/mol. The molecule has 29 heavy (non-hydrogen) atoms. The van der Waals surface area contributed by atoms with E-state index < -0.39 is 0 Å². The number of aryl methyl sites for hydroxylation is 1. The van der Waals surface area contributed by atoms with Crippen LogP contribution in [0.4, 0.5) is 5.69 Å². The Labute approximate surface area is 172 Å².